The zero-order valence-electron chi connectivity index (χ0n) is 19.4. The molecule has 3 aliphatic rings. The summed E-state index contributed by atoms with van der Waals surface area (Å²) in [5, 5.41) is 29.0. The van der Waals surface area contributed by atoms with E-state index in [4.69, 9.17) is 9.84 Å². The summed E-state index contributed by atoms with van der Waals surface area (Å²) >= 11 is 0. The van der Waals surface area contributed by atoms with Crippen molar-refractivity contribution in [1.82, 2.24) is 9.78 Å². The van der Waals surface area contributed by atoms with Crippen LogP contribution in [0.5, 0.6) is 5.75 Å². The van der Waals surface area contributed by atoms with E-state index < -0.39 is 6.03 Å². The lowest BCUT2D eigenvalue weighted by Gasteiger charge is -2.25. The number of aromatic nitrogens is 2. The summed E-state index contributed by atoms with van der Waals surface area (Å²) in [5.41, 5.74) is 1.87. The van der Waals surface area contributed by atoms with Gasteiger partial charge in [0.1, 0.15) is 0 Å². The maximum Gasteiger partial charge on any atom is 0.535 e. The van der Waals surface area contributed by atoms with E-state index in [1.165, 1.54) is 0 Å². The number of nitrogens with zero attached hydrogens (tertiary/aromatic N) is 3. The van der Waals surface area contributed by atoms with E-state index in [0.717, 1.165) is 62.3 Å². The van der Waals surface area contributed by atoms with Crippen molar-refractivity contribution in [3.63, 3.8) is 0 Å². The highest BCUT2D eigenvalue weighted by atomic mass is 16.5. The van der Waals surface area contributed by atoms with Gasteiger partial charge in [0.25, 0.3) is 0 Å². The number of ether oxygens (including phenoxy) is 1. The van der Waals surface area contributed by atoms with Crippen molar-refractivity contribution in [3.8, 4) is 5.75 Å². The second-order valence-electron chi connectivity index (χ2n) is 9.77. The highest BCUT2D eigenvalue weighted by Gasteiger charge is 2.34. The first-order valence-electron chi connectivity index (χ1n) is 12.3. The molecule has 1 aromatic carbocycles. The first-order chi connectivity index (χ1) is 16.5. The van der Waals surface area contributed by atoms with Crippen LogP contribution in [0.25, 0.3) is 10.9 Å². The number of carbonyl (C=O) groups is 1. The molecule has 0 atom stereocenters. The van der Waals surface area contributed by atoms with Gasteiger partial charge in [-0.1, -0.05) is 18.7 Å². The van der Waals surface area contributed by atoms with Gasteiger partial charge in [-0.3, -0.25) is 4.68 Å². The molecule has 0 radical (unpaired) electrons. The monoisotopic (exact) mass is 465 g/mol. The predicted molar refractivity (Wildman–Crippen MR) is 130 cm³/mol. The Morgan fingerprint density at radius 3 is 2.65 bits per heavy atom. The van der Waals surface area contributed by atoms with Gasteiger partial charge in [-0.2, -0.15) is 15.2 Å². The van der Waals surface area contributed by atoms with E-state index in [9.17, 15) is 15.1 Å². The van der Waals surface area contributed by atoms with Crippen LogP contribution < -0.4 is 10.1 Å². The van der Waals surface area contributed by atoms with E-state index in [1.54, 1.807) is 18.2 Å². The first-order valence-corrected chi connectivity index (χ1v) is 12.3. The topological polar surface area (TPSA) is 99.6 Å². The second-order valence-corrected chi connectivity index (χ2v) is 9.77. The van der Waals surface area contributed by atoms with Crippen LogP contribution >= 0.6 is 0 Å². The molecule has 0 unspecified atom stereocenters. The van der Waals surface area contributed by atoms with Crippen LogP contribution in [0.1, 0.15) is 57.4 Å². The minimum Gasteiger partial charge on any atom is -0.489 e. The zero-order valence-corrected chi connectivity index (χ0v) is 19.4. The maximum absolute atomic E-state index is 13.0. The number of anilines is 1. The molecule has 0 saturated heterocycles. The molecule has 180 valence electrons. The van der Waals surface area contributed by atoms with Crippen LogP contribution in [0.2, 0.25) is 0 Å². The summed E-state index contributed by atoms with van der Waals surface area (Å²) < 4.78 is 8.75. The number of amides is 2. The Morgan fingerprint density at radius 2 is 1.97 bits per heavy atom. The number of benzene rings is 1. The molecule has 0 bridgehead atoms. The number of carbonyl (C=O) groups excluding carboxylic acids is 1. The molecule has 3 fully saturated rings. The van der Waals surface area contributed by atoms with Gasteiger partial charge in [0.05, 0.1) is 24.3 Å². The molecule has 34 heavy (non-hydrogen) atoms. The molecule has 1 heterocycles. The molecular weight excluding hydrogens is 432 g/mol. The normalized spacial score (nSPS) is 23.7. The number of hydroxylamine groups is 1. The highest BCUT2D eigenvalue weighted by molar-refractivity contribution is 6.00. The van der Waals surface area contributed by atoms with Crippen LogP contribution in [-0.2, 0) is 0 Å². The number of fused-ring (bicyclic) bond motifs is 1. The van der Waals surface area contributed by atoms with Gasteiger partial charge in [-0.25, -0.2) is 0 Å². The third-order valence-corrected chi connectivity index (χ3v) is 6.91. The molecule has 1 aromatic heterocycles. The van der Waals surface area contributed by atoms with Crippen molar-refractivity contribution in [2.45, 2.75) is 63.5 Å². The van der Waals surface area contributed by atoms with Gasteiger partial charge in [0, 0.05) is 23.6 Å². The van der Waals surface area contributed by atoms with Gasteiger partial charge in [0.15, 0.2) is 17.1 Å². The van der Waals surface area contributed by atoms with Crippen molar-refractivity contribution in [1.29, 1.82) is 0 Å². The Balaban J connectivity index is 1.42. The minimum atomic E-state index is -0.625. The van der Waals surface area contributed by atoms with Crippen molar-refractivity contribution >= 4 is 28.3 Å². The fraction of sp³-hybridized carbons (Fsp3) is 0.500. The number of allylic oxidation sites excluding steroid dienone is 3. The van der Waals surface area contributed by atoms with Gasteiger partial charge >= 0.3 is 6.03 Å². The number of hydrogen-bond acceptors (Lipinski definition) is 5. The van der Waals surface area contributed by atoms with Gasteiger partial charge in [0.2, 0.25) is 0 Å². The standard InChI is InChI=1S/C26H32N4O4/c1-2-3-4-24(18-7-8-18)30(33)26(32)27-23-13-19-15-29(20-9-11-21(31)12-10-20)28-22(19)14-25(23)34-16-17-5-6-17/h2-4,13-15,17-18,20-21,31H,1,5-12,16H2,(H-,27,32,33)/p+1/b4-3-,30-24-. The quantitative estimate of drug-likeness (QED) is 0.130. The number of nitrogens with one attached hydrogen (secondary N) is 1. The number of aliphatic hydroxyl groups excluding tert-OH is 1. The Morgan fingerprint density at radius 1 is 1.21 bits per heavy atom. The maximum atomic E-state index is 13.0. The van der Waals surface area contributed by atoms with Gasteiger partial charge < -0.3 is 15.1 Å². The van der Waals surface area contributed by atoms with E-state index in [0.29, 0.717) is 34.4 Å². The van der Waals surface area contributed by atoms with E-state index >= 15 is 0 Å². The van der Waals surface area contributed by atoms with E-state index in [2.05, 4.69) is 11.9 Å². The molecule has 3 saturated carbocycles. The Bertz CT molecular complexity index is 1140. The Hall–Kier alpha value is -3.13. The lowest BCUT2D eigenvalue weighted by atomic mass is 9.93. The number of hydrogen-bond donors (Lipinski definition) is 3. The summed E-state index contributed by atoms with van der Waals surface area (Å²) in [4.78, 5) is 13.0. The third-order valence-electron chi connectivity index (χ3n) is 6.91. The molecule has 0 spiro atoms. The smallest absolute Gasteiger partial charge is 0.489 e. The van der Waals surface area contributed by atoms with Crippen LogP contribution in [0.4, 0.5) is 10.5 Å². The molecule has 5 rings (SSSR count). The summed E-state index contributed by atoms with van der Waals surface area (Å²) in [6.07, 6.45) is 14.4. The molecule has 0 aliphatic heterocycles. The van der Waals surface area contributed by atoms with Crippen LogP contribution in [0.3, 0.4) is 0 Å². The second kappa shape index (κ2) is 9.62. The molecule has 3 aliphatic carbocycles. The third kappa shape index (κ3) is 5.17. The summed E-state index contributed by atoms with van der Waals surface area (Å²) in [6.45, 7) is 4.26. The summed E-state index contributed by atoms with van der Waals surface area (Å²) in [5.74, 6) is 1.28. The molecule has 2 aromatic rings. The number of urea groups is 1. The summed E-state index contributed by atoms with van der Waals surface area (Å²) in [7, 11) is 0. The SMILES string of the molecule is C=C/C=C\C(C1CC1)=[N+](\O)C(=O)Nc1cc2cn(C3CCC(O)CC3)nc2cc1OCC1CC1. The fourth-order valence-electron chi connectivity index (χ4n) is 4.50. The number of rotatable bonds is 8. The van der Waals surface area contributed by atoms with Crippen LogP contribution in [0.15, 0.2) is 43.1 Å². The first kappa shape index (κ1) is 22.7. The van der Waals surface area contributed by atoms with Crippen molar-refractivity contribution in [3.05, 3.63) is 43.1 Å². The number of aliphatic hydroxyl groups is 1. The highest BCUT2D eigenvalue weighted by Crippen LogP contribution is 2.36. The van der Waals surface area contributed by atoms with Gasteiger partial charge in [-0.15, -0.1) is 0 Å². The van der Waals surface area contributed by atoms with Crippen molar-refractivity contribution in [2.75, 3.05) is 11.9 Å². The van der Waals surface area contributed by atoms with Crippen molar-refractivity contribution < 1.29 is 24.6 Å². The average molecular weight is 466 g/mol. The zero-order chi connectivity index (χ0) is 23.7. The van der Waals surface area contributed by atoms with Crippen LogP contribution in [0, 0.1) is 11.8 Å². The fourth-order valence-corrected chi connectivity index (χ4v) is 4.50. The molecule has 8 nitrogen and oxygen atoms in total. The summed E-state index contributed by atoms with van der Waals surface area (Å²) in [6, 6.07) is 3.36. The lowest BCUT2D eigenvalue weighted by molar-refractivity contribution is -0.697. The van der Waals surface area contributed by atoms with Crippen molar-refractivity contribution in [2.24, 2.45) is 11.8 Å². The van der Waals surface area contributed by atoms with Gasteiger partial charge in [-0.05, 0) is 74.2 Å². The molecule has 3 N–H and O–H groups in total. The van der Waals surface area contributed by atoms with E-state index in [-0.39, 0.29) is 18.1 Å². The minimum absolute atomic E-state index is 0.173. The largest absolute Gasteiger partial charge is 0.535 e. The molecule has 8 heteroatoms. The predicted octanol–water partition coefficient (Wildman–Crippen LogP) is 4.83. The Kier molecular flexibility index (Phi) is 6.41. The van der Waals surface area contributed by atoms with Crippen LogP contribution in [-0.4, -0.2) is 49.3 Å². The van der Waals surface area contributed by atoms with E-state index in [1.807, 2.05) is 23.0 Å². The lowest BCUT2D eigenvalue weighted by Crippen LogP contribution is -2.29. The molecule has 2 amide bonds. The molecular formula is C26H33N4O4+. The average Bonchev–Trinajstić information content (AvgIpc) is 3.76. The Labute approximate surface area is 199 Å².